The Bertz CT molecular complexity index is 301. The average molecular weight is 254 g/mol. The van der Waals surface area contributed by atoms with E-state index in [-0.39, 0.29) is 0 Å². The van der Waals surface area contributed by atoms with Gasteiger partial charge in [0, 0.05) is 4.47 Å². The van der Waals surface area contributed by atoms with Gasteiger partial charge >= 0.3 is 0 Å². The molecule has 0 aromatic heterocycles. The summed E-state index contributed by atoms with van der Waals surface area (Å²) >= 11 is 3.47. The van der Waals surface area contributed by atoms with E-state index in [9.17, 15) is 0 Å². The molecule has 1 nitrogen and oxygen atoms in total. The highest BCUT2D eigenvalue weighted by molar-refractivity contribution is 9.10. The first-order chi connectivity index (χ1) is 6.77. The van der Waals surface area contributed by atoms with E-state index in [0.29, 0.717) is 5.41 Å². The number of nitrogens with one attached hydrogen (secondary N) is 1. The molecule has 0 spiro atoms. The first kappa shape index (κ1) is 10.2. The minimum absolute atomic E-state index is 0.504. The molecule has 0 radical (unpaired) electrons. The Balaban J connectivity index is 2.10. The Kier molecular flexibility index (Phi) is 2.93. The Morgan fingerprint density at radius 1 is 1.29 bits per heavy atom. The van der Waals surface area contributed by atoms with Crippen LogP contribution in [-0.2, 0) is 5.41 Å². The molecule has 0 aliphatic heterocycles. The fraction of sp³-hybridized carbons (Fsp3) is 0.500. The van der Waals surface area contributed by atoms with Crippen molar-refractivity contribution in [1.82, 2.24) is 5.32 Å². The first-order valence-corrected chi connectivity index (χ1v) is 5.97. The molecular weight excluding hydrogens is 238 g/mol. The third kappa shape index (κ3) is 2.01. The maximum absolute atomic E-state index is 3.47. The van der Waals surface area contributed by atoms with Gasteiger partial charge in [-0.15, -0.1) is 0 Å². The van der Waals surface area contributed by atoms with Crippen LogP contribution in [-0.4, -0.2) is 13.6 Å². The van der Waals surface area contributed by atoms with Crippen molar-refractivity contribution in [1.29, 1.82) is 0 Å². The van der Waals surface area contributed by atoms with Crippen molar-refractivity contribution >= 4 is 15.9 Å². The van der Waals surface area contributed by atoms with Crippen LogP contribution in [0.4, 0.5) is 0 Å². The molecule has 2 heteroatoms. The van der Waals surface area contributed by atoms with E-state index in [0.717, 1.165) is 6.54 Å². The summed E-state index contributed by atoms with van der Waals surface area (Å²) in [5.41, 5.74) is 2.01. The molecule has 0 heterocycles. The zero-order valence-corrected chi connectivity index (χ0v) is 10.1. The normalized spacial score (nSPS) is 18.1. The molecule has 0 amide bonds. The van der Waals surface area contributed by atoms with Gasteiger partial charge in [-0.05, 0) is 56.0 Å². The minimum atomic E-state index is 0.504. The summed E-state index contributed by atoms with van der Waals surface area (Å²) < 4.78 is 1.17. The predicted octanol–water partition coefficient (Wildman–Crippen LogP) is 3.09. The minimum Gasteiger partial charge on any atom is -0.320 e. The quantitative estimate of drug-likeness (QED) is 0.870. The summed E-state index contributed by atoms with van der Waals surface area (Å²) in [6.07, 6.45) is 3.98. The van der Waals surface area contributed by atoms with Crippen LogP contribution >= 0.6 is 15.9 Å². The predicted molar refractivity (Wildman–Crippen MR) is 63.6 cm³/mol. The SMILES string of the molecule is CNCCC1(c2ccc(Br)cc2)CC1. The van der Waals surface area contributed by atoms with Crippen LogP contribution in [0.5, 0.6) is 0 Å². The Morgan fingerprint density at radius 3 is 2.43 bits per heavy atom. The zero-order valence-electron chi connectivity index (χ0n) is 8.52. The molecular formula is C12H16BrN. The van der Waals surface area contributed by atoms with Crippen molar-refractivity contribution in [3.05, 3.63) is 34.3 Å². The third-order valence-corrected chi connectivity index (χ3v) is 3.69. The highest BCUT2D eigenvalue weighted by Crippen LogP contribution is 2.50. The molecule has 0 saturated heterocycles. The molecule has 1 aromatic rings. The highest BCUT2D eigenvalue weighted by Gasteiger charge is 2.43. The fourth-order valence-electron chi connectivity index (χ4n) is 2.00. The van der Waals surface area contributed by atoms with Crippen LogP contribution in [0.1, 0.15) is 24.8 Å². The third-order valence-electron chi connectivity index (χ3n) is 3.16. The van der Waals surface area contributed by atoms with E-state index in [1.807, 2.05) is 7.05 Å². The van der Waals surface area contributed by atoms with Crippen molar-refractivity contribution in [3.63, 3.8) is 0 Å². The number of halogens is 1. The molecule has 76 valence electrons. The summed E-state index contributed by atoms with van der Waals surface area (Å²) in [6, 6.07) is 8.81. The van der Waals surface area contributed by atoms with Gasteiger partial charge in [0.1, 0.15) is 0 Å². The van der Waals surface area contributed by atoms with Crippen molar-refractivity contribution in [2.45, 2.75) is 24.7 Å². The lowest BCUT2D eigenvalue weighted by molar-refractivity contribution is 0.588. The van der Waals surface area contributed by atoms with Gasteiger partial charge in [-0.1, -0.05) is 28.1 Å². The molecule has 1 aliphatic rings. The Hall–Kier alpha value is -0.340. The average Bonchev–Trinajstić information content (AvgIpc) is 2.97. The maximum Gasteiger partial charge on any atom is 0.0175 e. The second-order valence-electron chi connectivity index (χ2n) is 4.14. The first-order valence-electron chi connectivity index (χ1n) is 5.17. The van der Waals surface area contributed by atoms with E-state index < -0.39 is 0 Å². The van der Waals surface area contributed by atoms with Crippen LogP contribution in [0.3, 0.4) is 0 Å². The van der Waals surface area contributed by atoms with E-state index in [1.165, 1.54) is 29.3 Å². The van der Waals surface area contributed by atoms with Crippen molar-refractivity contribution in [3.8, 4) is 0 Å². The highest BCUT2D eigenvalue weighted by atomic mass is 79.9. The standard InChI is InChI=1S/C12H16BrN/c1-14-9-8-12(6-7-12)10-2-4-11(13)5-3-10/h2-5,14H,6-9H2,1H3. The fourth-order valence-corrected chi connectivity index (χ4v) is 2.27. The smallest absolute Gasteiger partial charge is 0.0175 e. The molecule has 0 unspecified atom stereocenters. The van der Waals surface area contributed by atoms with Gasteiger partial charge in [-0.2, -0.15) is 0 Å². The van der Waals surface area contributed by atoms with Crippen LogP contribution < -0.4 is 5.32 Å². The molecule has 1 N–H and O–H groups in total. The van der Waals surface area contributed by atoms with Crippen LogP contribution in [0.15, 0.2) is 28.7 Å². The molecule has 1 aromatic carbocycles. The molecule has 1 aliphatic carbocycles. The van der Waals surface area contributed by atoms with Crippen molar-refractivity contribution in [2.24, 2.45) is 0 Å². The molecule has 1 saturated carbocycles. The van der Waals surface area contributed by atoms with Crippen LogP contribution in [0.25, 0.3) is 0 Å². The largest absolute Gasteiger partial charge is 0.320 e. The Labute approximate surface area is 94.0 Å². The van der Waals surface area contributed by atoms with E-state index in [4.69, 9.17) is 0 Å². The molecule has 0 atom stereocenters. The summed E-state index contributed by atoms with van der Waals surface area (Å²) in [7, 11) is 2.03. The molecule has 14 heavy (non-hydrogen) atoms. The number of hydrogen-bond donors (Lipinski definition) is 1. The van der Waals surface area contributed by atoms with Crippen LogP contribution in [0.2, 0.25) is 0 Å². The van der Waals surface area contributed by atoms with Gasteiger partial charge in [0.15, 0.2) is 0 Å². The topological polar surface area (TPSA) is 12.0 Å². The van der Waals surface area contributed by atoms with E-state index in [2.05, 4.69) is 45.5 Å². The Morgan fingerprint density at radius 2 is 1.93 bits per heavy atom. The van der Waals surface area contributed by atoms with Crippen molar-refractivity contribution < 1.29 is 0 Å². The molecule has 0 bridgehead atoms. The monoisotopic (exact) mass is 253 g/mol. The zero-order chi connectivity index (χ0) is 10.0. The lowest BCUT2D eigenvalue weighted by Gasteiger charge is -2.15. The number of benzene rings is 1. The lowest BCUT2D eigenvalue weighted by Crippen LogP contribution is -2.16. The van der Waals surface area contributed by atoms with Gasteiger partial charge in [-0.25, -0.2) is 0 Å². The lowest BCUT2D eigenvalue weighted by atomic mass is 9.92. The maximum atomic E-state index is 3.47. The van der Waals surface area contributed by atoms with Crippen LogP contribution in [0, 0.1) is 0 Å². The van der Waals surface area contributed by atoms with Gasteiger partial charge < -0.3 is 5.32 Å². The van der Waals surface area contributed by atoms with Crippen molar-refractivity contribution in [2.75, 3.05) is 13.6 Å². The van der Waals surface area contributed by atoms with Gasteiger partial charge in [-0.3, -0.25) is 0 Å². The van der Waals surface area contributed by atoms with E-state index >= 15 is 0 Å². The summed E-state index contributed by atoms with van der Waals surface area (Å²) in [5.74, 6) is 0. The van der Waals surface area contributed by atoms with Gasteiger partial charge in [0.05, 0.1) is 0 Å². The van der Waals surface area contributed by atoms with E-state index in [1.54, 1.807) is 0 Å². The number of rotatable bonds is 4. The number of hydrogen-bond acceptors (Lipinski definition) is 1. The van der Waals surface area contributed by atoms with Gasteiger partial charge in [0.2, 0.25) is 0 Å². The summed E-state index contributed by atoms with van der Waals surface area (Å²) in [4.78, 5) is 0. The van der Waals surface area contributed by atoms with Gasteiger partial charge in [0.25, 0.3) is 0 Å². The second-order valence-corrected chi connectivity index (χ2v) is 5.06. The second kappa shape index (κ2) is 4.03. The summed E-state index contributed by atoms with van der Waals surface area (Å²) in [6.45, 7) is 1.12. The molecule has 2 rings (SSSR count). The molecule has 1 fully saturated rings. The summed E-state index contributed by atoms with van der Waals surface area (Å²) in [5, 5.41) is 3.24.